The topological polar surface area (TPSA) is 71.8 Å². The SMILES string of the molecule is Cc1cnc(-c2cnc[nH]c2=O)o1. The molecular formula is C8H7N3O2. The number of nitrogens with zero attached hydrogens (tertiary/aromatic N) is 2. The number of aryl methyl sites for hydroxylation is 1. The number of aromatic amines is 1. The molecule has 0 atom stereocenters. The highest BCUT2D eigenvalue weighted by molar-refractivity contribution is 5.49. The van der Waals surface area contributed by atoms with Crippen LogP contribution < -0.4 is 5.56 Å². The van der Waals surface area contributed by atoms with Gasteiger partial charge in [0.2, 0.25) is 5.89 Å². The van der Waals surface area contributed by atoms with Gasteiger partial charge in [0.05, 0.1) is 12.5 Å². The standard InChI is InChI=1S/C8H7N3O2/c1-5-2-10-8(13-5)6-3-9-4-11-7(6)12/h2-4H,1H3,(H,9,11,12). The summed E-state index contributed by atoms with van der Waals surface area (Å²) in [5, 5.41) is 0. The Morgan fingerprint density at radius 3 is 2.92 bits per heavy atom. The number of rotatable bonds is 1. The van der Waals surface area contributed by atoms with Crippen molar-refractivity contribution in [2.45, 2.75) is 6.92 Å². The molecule has 13 heavy (non-hydrogen) atoms. The van der Waals surface area contributed by atoms with Gasteiger partial charge in [-0.25, -0.2) is 9.97 Å². The van der Waals surface area contributed by atoms with Gasteiger partial charge in [-0.05, 0) is 6.92 Å². The largest absolute Gasteiger partial charge is 0.441 e. The molecule has 0 radical (unpaired) electrons. The van der Waals surface area contributed by atoms with Gasteiger partial charge in [0.15, 0.2) is 0 Å². The van der Waals surface area contributed by atoms with Crippen LogP contribution in [0.4, 0.5) is 0 Å². The molecule has 0 aromatic carbocycles. The van der Waals surface area contributed by atoms with Gasteiger partial charge < -0.3 is 9.40 Å². The molecular weight excluding hydrogens is 170 g/mol. The molecule has 2 rings (SSSR count). The Bertz CT molecular complexity index is 472. The van der Waals surface area contributed by atoms with Gasteiger partial charge >= 0.3 is 0 Å². The van der Waals surface area contributed by atoms with E-state index in [0.717, 1.165) is 0 Å². The van der Waals surface area contributed by atoms with Crippen LogP contribution in [0.15, 0.2) is 27.9 Å². The maximum atomic E-state index is 11.2. The van der Waals surface area contributed by atoms with Crippen LogP contribution in [0.5, 0.6) is 0 Å². The molecule has 1 N–H and O–H groups in total. The summed E-state index contributed by atoms with van der Waals surface area (Å²) in [7, 11) is 0. The predicted octanol–water partition coefficient (Wildman–Crippen LogP) is 0.733. The maximum absolute atomic E-state index is 11.2. The molecule has 0 fully saturated rings. The average molecular weight is 177 g/mol. The van der Waals surface area contributed by atoms with E-state index in [0.29, 0.717) is 17.2 Å². The molecule has 2 aromatic heterocycles. The molecule has 0 saturated heterocycles. The van der Waals surface area contributed by atoms with E-state index in [4.69, 9.17) is 4.42 Å². The predicted molar refractivity (Wildman–Crippen MR) is 45.1 cm³/mol. The van der Waals surface area contributed by atoms with Crippen LogP contribution >= 0.6 is 0 Å². The molecule has 5 nitrogen and oxygen atoms in total. The second kappa shape index (κ2) is 2.85. The van der Waals surface area contributed by atoms with E-state index in [2.05, 4.69) is 15.0 Å². The lowest BCUT2D eigenvalue weighted by molar-refractivity contribution is 0.541. The Morgan fingerprint density at radius 2 is 2.31 bits per heavy atom. The Hall–Kier alpha value is -1.91. The number of hydrogen-bond donors (Lipinski definition) is 1. The first-order valence-corrected chi connectivity index (χ1v) is 3.73. The van der Waals surface area contributed by atoms with Crippen molar-refractivity contribution in [2.75, 3.05) is 0 Å². The Balaban J connectivity index is 2.59. The van der Waals surface area contributed by atoms with Crippen molar-refractivity contribution in [3.8, 4) is 11.5 Å². The van der Waals surface area contributed by atoms with Crippen LogP contribution in [0.2, 0.25) is 0 Å². The number of hydrogen-bond acceptors (Lipinski definition) is 4. The van der Waals surface area contributed by atoms with Crippen molar-refractivity contribution in [1.82, 2.24) is 15.0 Å². The first-order valence-electron chi connectivity index (χ1n) is 3.73. The molecule has 2 heterocycles. The van der Waals surface area contributed by atoms with Gasteiger partial charge in [0.25, 0.3) is 5.56 Å². The third-order valence-electron chi connectivity index (χ3n) is 1.57. The fourth-order valence-electron chi connectivity index (χ4n) is 0.976. The third kappa shape index (κ3) is 1.35. The molecule has 0 aliphatic carbocycles. The van der Waals surface area contributed by atoms with Crippen molar-refractivity contribution in [2.24, 2.45) is 0 Å². The minimum absolute atomic E-state index is 0.253. The summed E-state index contributed by atoms with van der Waals surface area (Å²) in [6.07, 6.45) is 4.30. The normalized spacial score (nSPS) is 10.2. The van der Waals surface area contributed by atoms with Gasteiger partial charge in [-0.1, -0.05) is 0 Å². The van der Waals surface area contributed by atoms with Crippen molar-refractivity contribution >= 4 is 0 Å². The summed E-state index contributed by atoms with van der Waals surface area (Å²) in [6, 6.07) is 0. The Morgan fingerprint density at radius 1 is 1.46 bits per heavy atom. The zero-order valence-corrected chi connectivity index (χ0v) is 6.94. The first kappa shape index (κ1) is 7.72. The van der Waals surface area contributed by atoms with E-state index in [1.165, 1.54) is 12.5 Å². The van der Waals surface area contributed by atoms with Gasteiger partial charge in [-0.3, -0.25) is 4.79 Å². The molecule has 0 bridgehead atoms. The van der Waals surface area contributed by atoms with Gasteiger partial charge in [-0.2, -0.15) is 0 Å². The molecule has 0 aliphatic heterocycles. The Labute approximate surface area is 73.5 Å². The van der Waals surface area contributed by atoms with Crippen LogP contribution in [-0.2, 0) is 0 Å². The zero-order chi connectivity index (χ0) is 9.26. The fourth-order valence-corrected chi connectivity index (χ4v) is 0.976. The van der Waals surface area contributed by atoms with Crippen LogP contribution in [0, 0.1) is 6.92 Å². The highest BCUT2D eigenvalue weighted by Gasteiger charge is 2.07. The van der Waals surface area contributed by atoms with E-state index >= 15 is 0 Å². The number of nitrogens with one attached hydrogen (secondary N) is 1. The summed E-state index contributed by atoms with van der Waals surface area (Å²) in [4.78, 5) is 21.4. The van der Waals surface area contributed by atoms with Crippen molar-refractivity contribution in [3.63, 3.8) is 0 Å². The summed E-state index contributed by atoms with van der Waals surface area (Å²) < 4.78 is 5.18. The van der Waals surface area contributed by atoms with Crippen LogP contribution in [0.1, 0.15) is 5.76 Å². The van der Waals surface area contributed by atoms with Crippen molar-refractivity contribution in [3.05, 3.63) is 34.8 Å². The summed E-state index contributed by atoms with van der Waals surface area (Å²) >= 11 is 0. The lowest BCUT2D eigenvalue weighted by atomic mass is 10.3. The van der Waals surface area contributed by atoms with Gasteiger partial charge in [0, 0.05) is 6.20 Å². The molecule has 0 unspecified atom stereocenters. The second-order valence-corrected chi connectivity index (χ2v) is 2.57. The Kier molecular flexibility index (Phi) is 1.70. The zero-order valence-electron chi connectivity index (χ0n) is 6.94. The van der Waals surface area contributed by atoms with Crippen molar-refractivity contribution in [1.29, 1.82) is 0 Å². The van der Waals surface area contributed by atoms with Crippen LogP contribution in [-0.4, -0.2) is 15.0 Å². The highest BCUT2D eigenvalue weighted by atomic mass is 16.4. The summed E-state index contributed by atoms with van der Waals surface area (Å²) in [5.74, 6) is 0.963. The molecule has 2 aromatic rings. The molecule has 66 valence electrons. The van der Waals surface area contributed by atoms with E-state index in [9.17, 15) is 4.79 Å². The summed E-state index contributed by atoms with van der Waals surface area (Å²) in [5.41, 5.74) is 0.0902. The van der Waals surface area contributed by atoms with E-state index in [1.807, 2.05) is 0 Å². The lowest BCUT2D eigenvalue weighted by Crippen LogP contribution is -2.08. The molecule has 0 spiro atoms. The van der Waals surface area contributed by atoms with E-state index in [-0.39, 0.29) is 5.56 Å². The number of aromatic nitrogens is 3. The fraction of sp³-hybridized carbons (Fsp3) is 0.125. The first-order chi connectivity index (χ1) is 6.27. The molecule has 0 saturated carbocycles. The monoisotopic (exact) mass is 177 g/mol. The second-order valence-electron chi connectivity index (χ2n) is 2.57. The van der Waals surface area contributed by atoms with Crippen molar-refractivity contribution < 1.29 is 4.42 Å². The van der Waals surface area contributed by atoms with E-state index < -0.39 is 0 Å². The average Bonchev–Trinajstić information content (AvgIpc) is 2.53. The molecule has 0 amide bonds. The van der Waals surface area contributed by atoms with Gasteiger partial charge in [-0.15, -0.1) is 0 Å². The van der Waals surface area contributed by atoms with Gasteiger partial charge in [0.1, 0.15) is 11.3 Å². The lowest BCUT2D eigenvalue weighted by Gasteiger charge is -1.90. The maximum Gasteiger partial charge on any atom is 0.263 e. The molecule has 5 heteroatoms. The van der Waals surface area contributed by atoms with Crippen LogP contribution in [0.3, 0.4) is 0 Å². The van der Waals surface area contributed by atoms with Crippen LogP contribution in [0.25, 0.3) is 11.5 Å². The molecule has 0 aliphatic rings. The van der Waals surface area contributed by atoms with E-state index in [1.54, 1.807) is 13.1 Å². The smallest absolute Gasteiger partial charge is 0.263 e. The minimum atomic E-state index is -0.253. The third-order valence-corrected chi connectivity index (χ3v) is 1.57. The highest BCUT2D eigenvalue weighted by Crippen LogP contribution is 2.12. The quantitative estimate of drug-likeness (QED) is 0.697. The number of oxazole rings is 1. The minimum Gasteiger partial charge on any atom is -0.441 e. The number of H-pyrrole nitrogens is 1. The summed E-state index contributed by atoms with van der Waals surface area (Å²) in [6.45, 7) is 1.76.